The molecule has 12 heteroatoms. The zero-order valence-corrected chi connectivity index (χ0v) is 18.9. The number of aromatic nitrogens is 8. The van der Waals surface area contributed by atoms with Gasteiger partial charge in [0.15, 0.2) is 11.6 Å². The molecule has 3 N–H and O–H groups in total. The number of hydrogen-bond donors (Lipinski definition) is 3. The van der Waals surface area contributed by atoms with E-state index in [0.29, 0.717) is 23.7 Å². The van der Waals surface area contributed by atoms with E-state index in [1.807, 2.05) is 13.1 Å². The molecule has 0 atom stereocenters. The number of amides is 1. The predicted molar refractivity (Wildman–Crippen MR) is 121 cm³/mol. The largest absolute Gasteiger partial charge is 0.353 e. The van der Waals surface area contributed by atoms with Gasteiger partial charge in [-0.2, -0.15) is 14.9 Å². The third-order valence-corrected chi connectivity index (χ3v) is 6.31. The number of aromatic amines is 1. The lowest BCUT2D eigenvalue weighted by atomic mass is 9.90. The van der Waals surface area contributed by atoms with Gasteiger partial charge in [-0.05, 0) is 49.8 Å². The molecule has 3 aromatic heterocycles. The van der Waals surface area contributed by atoms with Crippen LogP contribution in [0.5, 0.6) is 0 Å². The molecule has 2 saturated carbocycles. The highest BCUT2D eigenvalue weighted by Gasteiger charge is 2.27. The molecule has 33 heavy (non-hydrogen) atoms. The molecule has 0 aromatic carbocycles. The van der Waals surface area contributed by atoms with Crippen molar-refractivity contribution >= 4 is 23.5 Å². The lowest BCUT2D eigenvalue weighted by Gasteiger charge is -2.35. The Hall–Kier alpha value is -3.57. The lowest BCUT2D eigenvalue weighted by molar-refractivity contribution is -0.121. The van der Waals surface area contributed by atoms with E-state index in [-0.39, 0.29) is 18.4 Å². The first-order valence-electron chi connectivity index (χ1n) is 11.4. The van der Waals surface area contributed by atoms with Crippen LogP contribution in [0.4, 0.5) is 17.6 Å². The fourth-order valence-corrected chi connectivity index (χ4v) is 4.31. The molecule has 2 fully saturated rings. The smallest absolute Gasteiger partial charge is 0.228 e. The second kappa shape index (κ2) is 9.12. The Bertz CT molecular complexity index is 1100. The van der Waals surface area contributed by atoms with Gasteiger partial charge in [-0.25, -0.2) is 4.98 Å². The van der Waals surface area contributed by atoms with Crippen LogP contribution in [0.15, 0.2) is 18.3 Å². The molecule has 3 aromatic rings. The summed E-state index contributed by atoms with van der Waals surface area (Å²) in [6, 6.07) is 4.38. The molecule has 0 aliphatic heterocycles. The van der Waals surface area contributed by atoms with Gasteiger partial charge in [0.25, 0.3) is 0 Å². The van der Waals surface area contributed by atoms with Gasteiger partial charge < -0.3 is 15.5 Å². The van der Waals surface area contributed by atoms with Crippen molar-refractivity contribution in [3.05, 3.63) is 29.8 Å². The molecule has 2 aliphatic carbocycles. The number of rotatable bonds is 8. The highest BCUT2D eigenvalue weighted by Crippen LogP contribution is 2.39. The monoisotopic (exact) mass is 451 g/mol. The summed E-state index contributed by atoms with van der Waals surface area (Å²) in [5.74, 6) is 3.18. The van der Waals surface area contributed by atoms with E-state index in [9.17, 15) is 4.79 Å². The van der Waals surface area contributed by atoms with E-state index in [1.54, 1.807) is 13.2 Å². The number of carbonyl (C=O) groups is 1. The maximum atomic E-state index is 12.3. The number of anilines is 3. The summed E-state index contributed by atoms with van der Waals surface area (Å²) in [6.45, 7) is 0. The molecular weight excluding hydrogens is 422 g/mol. The minimum atomic E-state index is -0.0647. The van der Waals surface area contributed by atoms with Crippen molar-refractivity contribution in [2.45, 2.75) is 62.9 Å². The second-order valence-electron chi connectivity index (χ2n) is 8.91. The summed E-state index contributed by atoms with van der Waals surface area (Å²) in [4.78, 5) is 24.9. The van der Waals surface area contributed by atoms with E-state index in [4.69, 9.17) is 0 Å². The molecule has 0 radical (unpaired) electrons. The second-order valence-corrected chi connectivity index (χ2v) is 8.91. The van der Waals surface area contributed by atoms with Crippen molar-refractivity contribution < 1.29 is 4.79 Å². The lowest BCUT2D eigenvalue weighted by Crippen LogP contribution is -2.43. The van der Waals surface area contributed by atoms with Crippen LogP contribution in [0.3, 0.4) is 0 Å². The van der Waals surface area contributed by atoms with Gasteiger partial charge in [0.1, 0.15) is 5.82 Å². The van der Waals surface area contributed by atoms with Gasteiger partial charge in [-0.1, -0.05) is 0 Å². The van der Waals surface area contributed by atoms with Crippen LogP contribution in [0.1, 0.15) is 56.0 Å². The van der Waals surface area contributed by atoms with Crippen LogP contribution in [0.2, 0.25) is 0 Å². The summed E-state index contributed by atoms with van der Waals surface area (Å²) >= 11 is 0. The van der Waals surface area contributed by atoms with Crippen molar-refractivity contribution in [3.8, 4) is 0 Å². The Morgan fingerprint density at radius 3 is 2.76 bits per heavy atom. The summed E-state index contributed by atoms with van der Waals surface area (Å²) in [5, 5.41) is 25.5. The number of H-pyrrole nitrogens is 1. The molecular formula is C21H29N11O. The first-order valence-corrected chi connectivity index (χ1v) is 11.4. The summed E-state index contributed by atoms with van der Waals surface area (Å²) in [6.07, 6.45) is 8.10. The van der Waals surface area contributed by atoms with Gasteiger partial charge in [0.05, 0.1) is 13.5 Å². The molecule has 174 valence electrons. The number of tetrazole rings is 1. The highest BCUT2D eigenvalue weighted by atomic mass is 16.1. The van der Waals surface area contributed by atoms with Crippen molar-refractivity contribution in [2.24, 2.45) is 7.05 Å². The Balaban J connectivity index is 1.12. The van der Waals surface area contributed by atoms with E-state index in [1.165, 1.54) is 23.3 Å². The topological polar surface area (TPSA) is 142 Å². The summed E-state index contributed by atoms with van der Waals surface area (Å²) in [5.41, 5.74) is 1.18. The van der Waals surface area contributed by atoms with Gasteiger partial charge in [0, 0.05) is 43.0 Å². The van der Waals surface area contributed by atoms with Gasteiger partial charge >= 0.3 is 0 Å². The predicted octanol–water partition coefficient (Wildman–Crippen LogP) is 1.45. The van der Waals surface area contributed by atoms with E-state index >= 15 is 0 Å². The molecule has 2 aliphatic rings. The molecule has 0 unspecified atom stereocenters. The van der Waals surface area contributed by atoms with Crippen LogP contribution < -0.4 is 15.5 Å². The molecule has 0 spiro atoms. The Kier molecular flexibility index (Phi) is 5.88. The van der Waals surface area contributed by atoms with E-state index in [0.717, 1.165) is 37.3 Å². The summed E-state index contributed by atoms with van der Waals surface area (Å²) in [7, 11) is 3.71. The molecule has 5 rings (SSSR count). The van der Waals surface area contributed by atoms with E-state index < -0.39 is 0 Å². The molecule has 3 heterocycles. The van der Waals surface area contributed by atoms with Crippen LogP contribution in [-0.2, 0) is 18.3 Å². The van der Waals surface area contributed by atoms with Crippen LogP contribution in [-0.4, -0.2) is 65.4 Å². The number of aryl methyl sites for hydroxylation is 1. The van der Waals surface area contributed by atoms with Crippen LogP contribution >= 0.6 is 0 Å². The number of nitrogens with one attached hydrogen (secondary N) is 3. The molecule has 0 bridgehead atoms. The Labute approximate surface area is 191 Å². The van der Waals surface area contributed by atoms with E-state index in [2.05, 4.69) is 57.2 Å². The van der Waals surface area contributed by atoms with Crippen molar-refractivity contribution in [1.82, 2.24) is 45.7 Å². The quantitative estimate of drug-likeness (QED) is 0.464. The third kappa shape index (κ3) is 5.26. The average Bonchev–Trinajstić information content (AvgIpc) is 3.43. The Morgan fingerprint density at radius 1 is 1.21 bits per heavy atom. The van der Waals surface area contributed by atoms with Gasteiger partial charge in [-0.15, -0.1) is 10.2 Å². The highest BCUT2D eigenvalue weighted by molar-refractivity contribution is 5.78. The number of nitrogens with zero attached hydrogens (tertiary/aromatic N) is 8. The molecule has 0 saturated heterocycles. The zero-order chi connectivity index (χ0) is 22.8. The maximum Gasteiger partial charge on any atom is 0.228 e. The standard InChI is InChI=1S/C21H29N11O/c1-31(15-7-5-14(6-8-15)23-20(33)12-19-28-30-32(2)29-19)21-22-10-9-17(25-21)24-18-11-16(26-27-18)13-3-4-13/h9-11,13-15H,3-8,12H2,1-2H3,(H,23,33)(H2,22,24,25,26,27). The SMILES string of the molecule is CN(c1nccc(Nc2cc(C3CC3)[nH]n2)n1)C1CCC(NC(=O)Cc2nnn(C)n2)CC1. The maximum absolute atomic E-state index is 12.3. The average molecular weight is 452 g/mol. The number of hydrogen-bond acceptors (Lipinski definition) is 9. The van der Waals surface area contributed by atoms with Crippen LogP contribution in [0, 0.1) is 0 Å². The van der Waals surface area contributed by atoms with Gasteiger partial charge in [-0.3, -0.25) is 9.89 Å². The first kappa shape index (κ1) is 21.3. The fraction of sp³-hybridized carbons (Fsp3) is 0.571. The third-order valence-electron chi connectivity index (χ3n) is 6.31. The van der Waals surface area contributed by atoms with Gasteiger partial charge in [0.2, 0.25) is 11.9 Å². The van der Waals surface area contributed by atoms with Crippen molar-refractivity contribution in [3.63, 3.8) is 0 Å². The van der Waals surface area contributed by atoms with Crippen molar-refractivity contribution in [2.75, 3.05) is 17.3 Å². The first-order chi connectivity index (χ1) is 16.0. The molecule has 12 nitrogen and oxygen atoms in total. The number of carbonyl (C=O) groups excluding carboxylic acids is 1. The minimum absolute atomic E-state index is 0.0647. The fourth-order valence-electron chi connectivity index (χ4n) is 4.31. The molecule has 1 amide bonds. The zero-order valence-electron chi connectivity index (χ0n) is 18.9. The van der Waals surface area contributed by atoms with Crippen molar-refractivity contribution in [1.29, 1.82) is 0 Å². The minimum Gasteiger partial charge on any atom is -0.353 e. The summed E-state index contributed by atoms with van der Waals surface area (Å²) < 4.78 is 0. The normalized spacial score (nSPS) is 20.4. The van der Waals surface area contributed by atoms with Crippen LogP contribution in [0.25, 0.3) is 0 Å². The Morgan fingerprint density at radius 2 is 2.03 bits per heavy atom.